The fraction of sp³-hybridized carbons (Fsp3) is 0.417. The monoisotopic (exact) mass is 227 g/mol. The summed E-state index contributed by atoms with van der Waals surface area (Å²) in [6.45, 7) is 5.50. The lowest BCUT2D eigenvalue weighted by Crippen LogP contribution is -2.30. The highest BCUT2D eigenvalue weighted by Gasteiger charge is 2.08. The quantitative estimate of drug-likeness (QED) is 0.863. The average molecular weight is 228 g/mol. The molecule has 0 saturated carbocycles. The van der Waals surface area contributed by atoms with Crippen LogP contribution in [0.25, 0.3) is 0 Å². The average Bonchev–Trinajstić information content (AvgIpc) is 2.24. The van der Waals surface area contributed by atoms with Gasteiger partial charge in [0.1, 0.15) is 5.78 Å². The summed E-state index contributed by atoms with van der Waals surface area (Å²) in [5.74, 6) is 0.00921. The minimum Gasteiger partial charge on any atom is -0.321 e. The number of carbonyl (C=O) groups is 1. The zero-order valence-corrected chi connectivity index (χ0v) is 10.2. The van der Waals surface area contributed by atoms with Crippen molar-refractivity contribution in [2.45, 2.75) is 33.2 Å². The van der Waals surface area contributed by atoms with Crippen molar-refractivity contribution in [1.29, 1.82) is 0 Å². The van der Waals surface area contributed by atoms with Crippen molar-refractivity contribution in [2.24, 2.45) is 5.73 Å². The van der Waals surface area contributed by atoms with E-state index in [1.54, 1.807) is 12.1 Å². The molecular formula is C12H18ClNO. The molecular weight excluding hydrogens is 210 g/mol. The lowest BCUT2D eigenvalue weighted by Gasteiger charge is -2.07. The Morgan fingerprint density at radius 2 is 1.80 bits per heavy atom. The summed E-state index contributed by atoms with van der Waals surface area (Å²) in [5.41, 5.74) is 6.64. The van der Waals surface area contributed by atoms with Crippen molar-refractivity contribution in [3.8, 4) is 0 Å². The molecule has 84 valence electrons. The van der Waals surface area contributed by atoms with Crippen LogP contribution in [0.4, 0.5) is 0 Å². The lowest BCUT2D eigenvalue weighted by atomic mass is 10.0. The summed E-state index contributed by atoms with van der Waals surface area (Å²) >= 11 is 5.71. The van der Waals surface area contributed by atoms with Gasteiger partial charge in [-0.1, -0.05) is 37.6 Å². The zero-order valence-electron chi connectivity index (χ0n) is 9.46. The van der Waals surface area contributed by atoms with Crippen molar-refractivity contribution in [3.05, 3.63) is 34.9 Å². The molecule has 0 aromatic heterocycles. The molecule has 1 aromatic carbocycles. The maximum absolute atomic E-state index is 10.9. The van der Waals surface area contributed by atoms with E-state index in [2.05, 4.69) is 0 Å². The van der Waals surface area contributed by atoms with Crippen molar-refractivity contribution in [2.75, 3.05) is 0 Å². The standard InChI is InChI=1S/C10H12ClNO.C2H6/c1-7(13)10(12)6-8-2-4-9(11)5-3-8;1-2/h2-5,10H,6,12H2,1H3;1-2H3/t10-;/m1./s1. The molecule has 0 heterocycles. The second-order valence-corrected chi connectivity index (χ2v) is 3.48. The highest BCUT2D eigenvalue weighted by Crippen LogP contribution is 2.10. The number of nitrogens with two attached hydrogens (primary N) is 1. The summed E-state index contributed by atoms with van der Waals surface area (Å²) in [6, 6.07) is 6.95. The minimum absolute atomic E-state index is 0.00921. The first kappa shape index (κ1) is 14.1. The Morgan fingerprint density at radius 3 is 2.20 bits per heavy atom. The first-order valence-electron chi connectivity index (χ1n) is 5.10. The van der Waals surface area contributed by atoms with E-state index in [1.807, 2.05) is 26.0 Å². The van der Waals surface area contributed by atoms with Gasteiger partial charge >= 0.3 is 0 Å². The molecule has 0 spiro atoms. The van der Waals surface area contributed by atoms with E-state index < -0.39 is 6.04 Å². The van der Waals surface area contributed by atoms with Crippen LogP contribution in [0, 0.1) is 0 Å². The number of hydrogen-bond donors (Lipinski definition) is 1. The Morgan fingerprint density at radius 1 is 1.33 bits per heavy atom. The van der Waals surface area contributed by atoms with E-state index in [1.165, 1.54) is 6.92 Å². The molecule has 0 saturated heterocycles. The van der Waals surface area contributed by atoms with Crippen molar-refractivity contribution in [1.82, 2.24) is 0 Å². The number of carbonyl (C=O) groups excluding carboxylic acids is 1. The topological polar surface area (TPSA) is 43.1 Å². The third kappa shape index (κ3) is 5.55. The van der Waals surface area contributed by atoms with Gasteiger partial charge in [-0.15, -0.1) is 0 Å². The van der Waals surface area contributed by atoms with Crippen LogP contribution in [-0.2, 0) is 11.2 Å². The molecule has 0 radical (unpaired) electrons. The fourth-order valence-electron chi connectivity index (χ4n) is 1.02. The molecule has 15 heavy (non-hydrogen) atoms. The van der Waals surface area contributed by atoms with Crippen LogP contribution >= 0.6 is 11.6 Å². The van der Waals surface area contributed by atoms with Crippen molar-refractivity contribution in [3.63, 3.8) is 0 Å². The lowest BCUT2D eigenvalue weighted by molar-refractivity contribution is -0.118. The Labute approximate surface area is 96.4 Å². The van der Waals surface area contributed by atoms with Gasteiger partial charge < -0.3 is 5.73 Å². The molecule has 0 fully saturated rings. The number of hydrogen-bond acceptors (Lipinski definition) is 2. The van der Waals surface area contributed by atoms with Gasteiger partial charge in [-0.2, -0.15) is 0 Å². The number of benzene rings is 1. The fourth-order valence-corrected chi connectivity index (χ4v) is 1.14. The molecule has 1 aromatic rings. The number of halogens is 1. The smallest absolute Gasteiger partial charge is 0.146 e. The van der Waals surface area contributed by atoms with Gasteiger partial charge in [0.2, 0.25) is 0 Å². The maximum atomic E-state index is 10.9. The Kier molecular flexibility index (Phi) is 7.01. The van der Waals surface area contributed by atoms with Crippen LogP contribution in [0.2, 0.25) is 5.02 Å². The summed E-state index contributed by atoms with van der Waals surface area (Å²) in [7, 11) is 0. The predicted octanol–water partition coefficient (Wildman–Crippen LogP) is 2.83. The largest absolute Gasteiger partial charge is 0.321 e. The Balaban J connectivity index is 0.000000921. The van der Waals surface area contributed by atoms with Gasteiger partial charge in [0.15, 0.2) is 0 Å². The number of Topliss-reactive ketones (excluding diaryl/α,β-unsaturated/α-hetero) is 1. The molecule has 2 N–H and O–H groups in total. The highest BCUT2D eigenvalue weighted by molar-refractivity contribution is 6.30. The Hall–Kier alpha value is -0.860. The molecule has 0 amide bonds. The van der Waals surface area contributed by atoms with Crippen molar-refractivity contribution < 1.29 is 4.79 Å². The second-order valence-electron chi connectivity index (χ2n) is 3.05. The van der Waals surface area contributed by atoms with Gasteiger partial charge in [-0.3, -0.25) is 4.79 Å². The predicted molar refractivity (Wildman–Crippen MR) is 65.2 cm³/mol. The van der Waals surface area contributed by atoms with Gasteiger partial charge in [0.25, 0.3) is 0 Å². The first-order valence-corrected chi connectivity index (χ1v) is 5.48. The van der Waals surface area contributed by atoms with E-state index in [4.69, 9.17) is 17.3 Å². The van der Waals surface area contributed by atoms with Gasteiger partial charge in [0, 0.05) is 5.02 Å². The summed E-state index contributed by atoms with van der Waals surface area (Å²) < 4.78 is 0. The first-order chi connectivity index (χ1) is 7.09. The zero-order chi connectivity index (χ0) is 11.8. The van der Waals surface area contributed by atoms with Crippen LogP contribution in [0.3, 0.4) is 0 Å². The summed E-state index contributed by atoms with van der Waals surface area (Å²) in [4.78, 5) is 10.9. The molecule has 0 aliphatic rings. The molecule has 3 heteroatoms. The van der Waals surface area contributed by atoms with Crippen LogP contribution in [0.1, 0.15) is 26.3 Å². The van der Waals surface area contributed by atoms with E-state index >= 15 is 0 Å². The van der Waals surface area contributed by atoms with Gasteiger partial charge in [0.05, 0.1) is 6.04 Å². The normalized spacial score (nSPS) is 11.3. The molecule has 0 aliphatic carbocycles. The molecule has 1 rings (SSSR count). The third-order valence-corrected chi connectivity index (χ3v) is 2.14. The van der Waals surface area contributed by atoms with E-state index in [0.717, 1.165) is 5.56 Å². The van der Waals surface area contributed by atoms with E-state index in [-0.39, 0.29) is 5.78 Å². The summed E-state index contributed by atoms with van der Waals surface area (Å²) in [6.07, 6.45) is 0.576. The van der Waals surface area contributed by atoms with Crippen LogP contribution in [0.15, 0.2) is 24.3 Å². The molecule has 1 atom stereocenters. The second kappa shape index (κ2) is 7.43. The SMILES string of the molecule is CC.CC(=O)[C@H](N)Cc1ccc(Cl)cc1. The third-order valence-electron chi connectivity index (χ3n) is 1.89. The van der Waals surface area contributed by atoms with Crippen LogP contribution in [-0.4, -0.2) is 11.8 Å². The van der Waals surface area contributed by atoms with Crippen LogP contribution in [0.5, 0.6) is 0 Å². The maximum Gasteiger partial charge on any atom is 0.146 e. The van der Waals surface area contributed by atoms with Gasteiger partial charge in [-0.05, 0) is 31.0 Å². The minimum atomic E-state index is -0.402. The van der Waals surface area contributed by atoms with E-state index in [0.29, 0.717) is 11.4 Å². The Bertz CT molecular complexity index is 295. The highest BCUT2D eigenvalue weighted by atomic mass is 35.5. The number of rotatable bonds is 3. The van der Waals surface area contributed by atoms with E-state index in [9.17, 15) is 4.79 Å². The summed E-state index contributed by atoms with van der Waals surface area (Å²) in [5, 5.41) is 0.695. The molecule has 0 aliphatic heterocycles. The molecule has 2 nitrogen and oxygen atoms in total. The van der Waals surface area contributed by atoms with Crippen molar-refractivity contribution >= 4 is 17.4 Å². The molecule has 0 bridgehead atoms. The molecule has 0 unspecified atom stereocenters. The van der Waals surface area contributed by atoms with Crippen LogP contribution < -0.4 is 5.73 Å². The number of ketones is 1. The van der Waals surface area contributed by atoms with Gasteiger partial charge in [-0.25, -0.2) is 0 Å².